The van der Waals surface area contributed by atoms with Crippen LogP contribution in [-0.4, -0.2) is 26.2 Å². The first-order chi connectivity index (χ1) is 9.65. The third kappa shape index (κ3) is 2.12. The number of hydrogen-bond acceptors (Lipinski definition) is 7. The van der Waals surface area contributed by atoms with E-state index in [2.05, 4.69) is 30.2 Å². The minimum Gasteiger partial charge on any atom is -0.379 e. The number of amides is 1. The molecule has 0 aliphatic carbocycles. The zero-order chi connectivity index (χ0) is 14.1. The number of carbonyl (C=O) groups is 1. The Labute approximate surface area is 116 Å². The molecule has 0 aliphatic rings. The fourth-order valence-corrected chi connectivity index (χ4v) is 1.76. The Hall–Kier alpha value is -2.74. The summed E-state index contributed by atoms with van der Waals surface area (Å²) in [5.41, 5.74) is 6.50. The molecule has 0 radical (unpaired) electrons. The molecule has 1 aromatic carbocycles. The number of anilines is 2. The van der Waals surface area contributed by atoms with Gasteiger partial charge in [0.2, 0.25) is 11.5 Å². The van der Waals surface area contributed by atoms with Crippen molar-refractivity contribution < 1.29 is 9.42 Å². The average molecular weight is 291 g/mol. The van der Waals surface area contributed by atoms with Crippen molar-refractivity contribution in [3.05, 3.63) is 35.1 Å². The van der Waals surface area contributed by atoms with Gasteiger partial charge in [0.15, 0.2) is 11.0 Å². The van der Waals surface area contributed by atoms with Crippen molar-refractivity contribution in [2.45, 2.75) is 0 Å². The summed E-state index contributed by atoms with van der Waals surface area (Å²) in [4.78, 5) is 20.2. The number of nitrogen functional groups attached to an aromatic ring is 1. The lowest BCUT2D eigenvalue weighted by atomic mass is 10.3. The molecule has 2 heterocycles. The summed E-state index contributed by atoms with van der Waals surface area (Å²) in [6.07, 6.45) is 0. The Balaban J connectivity index is 1.96. The third-order valence-electron chi connectivity index (χ3n) is 2.49. The van der Waals surface area contributed by atoms with E-state index in [4.69, 9.17) is 17.3 Å². The van der Waals surface area contributed by atoms with Crippen LogP contribution in [0.2, 0.25) is 5.15 Å². The molecule has 0 aliphatic heterocycles. The summed E-state index contributed by atoms with van der Waals surface area (Å²) in [5.74, 6) is -0.639. The van der Waals surface area contributed by atoms with Crippen LogP contribution < -0.4 is 11.1 Å². The maximum absolute atomic E-state index is 11.9. The molecule has 9 heteroatoms. The second kappa shape index (κ2) is 4.74. The SMILES string of the molecule is Nc1nonc1C(=O)Nc1nc2ccccc2nc1Cl. The van der Waals surface area contributed by atoms with Gasteiger partial charge in [-0.3, -0.25) is 4.79 Å². The average Bonchev–Trinajstić information content (AvgIpc) is 2.86. The van der Waals surface area contributed by atoms with E-state index in [0.29, 0.717) is 11.0 Å². The molecule has 1 amide bonds. The van der Waals surface area contributed by atoms with Crippen molar-refractivity contribution in [2.24, 2.45) is 0 Å². The molecule has 20 heavy (non-hydrogen) atoms. The zero-order valence-electron chi connectivity index (χ0n) is 9.87. The van der Waals surface area contributed by atoms with Crippen molar-refractivity contribution in [3.63, 3.8) is 0 Å². The first-order valence-corrected chi connectivity index (χ1v) is 5.84. The Kier molecular flexibility index (Phi) is 2.92. The number of carbonyl (C=O) groups excluding carboxylic acids is 1. The quantitative estimate of drug-likeness (QED) is 0.733. The number of rotatable bonds is 2. The number of nitrogens with zero attached hydrogens (tertiary/aromatic N) is 4. The molecule has 0 fully saturated rings. The summed E-state index contributed by atoms with van der Waals surface area (Å²) in [6.45, 7) is 0. The number of hydrogen-bond donors (Lipinski definition) is 2. The molecule has 0 unspecified atom stereocenters. The first kappa shape index (κ1) is 12.3. The van der Waals surface area contributed by atoms with Crippen molar-refractivity contribution in [2.75, 3.05) is 11.1 Å². The third-order valence-corrected chi connectivity index (χ3v) is 2.75. The summed E-state index contributed by atoms with van der Waals surface area (Å²) in [6, 6.07) is 7.13. The number of benzene rings is 1. The van der Waals surface area contributed by atoms with E-state index in [0.717, 1.165) is 0 Å². The molecule has 3 N–H and O–H groups in total. The van der Waals surface area contributed by atoms with E-state index in [1.165, 1.54) is 0 Å². The minimum atomic E-state index is -0.629. The van der Waals surface area contributed by atoms with Crippen molar-refractivity contribution in [1.29, 1.82) is 0 Å². The van der Waals surface area contributed by atoms with E-state index in [1.807, 2.05) is 6.07 Å². The van der Waals surface area contributed by atoms with Gasteiger partial charge in [0.25, 0.3) is 5.91 Å². The van der Waals surface area contributed by atoms with E-state index in [9.17, 15) is 4.79 Å². The predicted octanol–water partition coefficient (Wildman–Crippen LogP) is 1.50. The minimum absolute atomic E-state index is 0.0621. The van der Waals surface area contributed by atoms with Crippen LogP contribution in [0.15, 0.2) is 28.9 Å². The second-order valence-electron chi connectivity index (χ2n) is 3.80. The van der Waals surface area contributed by atoms with E-state index < -0.39 is 5.91 Å². The Morgan fingerprint density at radius 2 is 1.90 bits per heavy atom. The molecule has 3 rings (SSSR count). The molecule has 0 bridgehead atoms. The van der Waals surface area contributed by atoms with Gasteiger partial charge < -0.3 is 11.1 Å². The van der Waals surface area contributed by atoms with Crippen LogP contribution in [0.1, 0.15) is 10.5 Å². The van der Waals surface area contributed by atoms with Crippen molar-refractivity contribution >= 4 is 40.2 Å². The number of aromatic nitrogens is 4. The smallest absolute Gasteiger partial charge is 0.283 e. The van der Waals surface area contributed by atoms with Crippen LogP contribution in [0.4, 0.5) is 11.6 Å². The number of nitrogens with one attached hydrogen (secondary N) is 1. The molecular formula is C11H7ClN6O2. The van der Waals surface area contributed by atoms with Crippen molar-refractivity contribution in [1.82, 2.24) is 20.3 Å². The molecule has 2 aromatic heterocycles. The molecule has 100 valence electrons. The normalized spacial score (nSPS) is 10.7. The first-order valence-electron chi connectivity index (χ1n) is 5.47. The summed E-state index contributed by atoms with van der Waals surface area (Å²) in [5, 5.41) is 9.22. The molecule has 0 saturated heterocycles. The Morgan fingerprint density at radius 3 is 2.55 bits per heavy atom. The standard InChI is InChI=1S/C11H7ClN6O2/c12-8-10(15-6-4-2-1-3-5(6)14-8)16-11(19)7-9(13)18-20-17-7/h1-4H,(H2,13,18)(H,15,16,19). The summed E-state index contributed by atoms with van der Waals surface area (Å²) in [7, 11) is 0. The van der Waals surface area contributed by atoms with Crippen LogP contribution in [0, 0.1) is 0 Å². The fraction of sp³-hybridized carbons (Fsp3) is 0. The largest absolute Gasteiger partial charge is 0.379 e. The maximum Gasteiger partial charge on any atom is 0.283 e. The van der Waals surface area contributed by atoms with Gasteiger partial charge in [-0.1, -0.05) is 23.7 Å². The van der Waals surface area contributed by atoms with Gasteiger partial charge in [0.05, 0.1) is 11.0 Å². The molecule has 3 aromatic rings. The van der Waals surface area contributed by atoms with Gasteiger partial charge in [-0.05, 0) is 22.4 Å². The summed E-state index contributed by atoms with van der Waals surface area (Å²) >= 11 is 5.97. The van der Waals surface area contributed by atoms with Crippen LogP contribution in [0.5, 0.6) is 0 Å². The number of fused-ring (bicyclic) bond motifs is 1. The highest BCUT2D eigenvalue weighted by Gasteiger charge is 2.18. The van der Waals surface area contributed by atoms with Crippen molar-refractivity contribution in [3.8, 4) is 0 Å². The van der Waals surface area contributed by atoms with Crippen LogP contribution in [0.3, 0.4) is 0 Å². The number of nitrogens with two attached hydrogens (primary N) is 1. The van der Waals surface area contributed by atoms with E-state index >= 15 is 0 Å². The van der Waals surface area contributed by atoms with Gasteiger partial charge in [-0.2, -0.15) is 0 Å². The molecule has 0 saturated carbocycles. The predicted molar refractivity (Wildman–Crippen MR) is 71.2 cm³/mol. The number of para-hydroxylation sites is 2. The van der Waals surface area contributed by atoms with E-state index in [-0.39, 0.29) is 22.5 Å². The van der Waals surface area contributed by atoms with Gasteiger partial charge in [-0.25, -0.2) is 14.6 Å². The summed E-state index contributed by atoms with van der Waals surface area (Å²) < 4.78 is 4.35. The zero-order valence-corrected chi connectivity index (χ0v) is 10.6. The highest BCUT2D eigenvalue weighted by atomic mass is 35.5. The monoisotopic (exact) mass is 290 g/mol. The lowest BCUT2D eigenvalue weighted by Crippen LogP contribution is -2.16. The Bertz CT molecular complexity index is 802. The molecular weight excluding hydrogens is 284 g/mol. The van der Waals surface area contributed by atoms with Crippen LogP contribution in [-0.2, 0) is 0 Å². The highest BCUT2D eigenvalue weighted by molar-refractivity contribution is 6.32. The van der Waals surface area contributed by atoms with E-state index in [1.54, 1.807) is 18.2 Å². The lowest BCUT2D eigenvalue weighted by molar-refractivity contribution is 0.101. The maximum atomic E-state index is 11.9. The topological polar surface area (TPSA) is 120 Å². The van der Waals surface area contributed by atoms with Gasteiger partial charge in [0, 0.05) is 0 Å². The van der Waals surface area contributed by atoms with Gasteiger partial charge >= 0.3 is 0 Å². The molecule has 0 spiro atoms. The van der Waals surface area contributed by atoms with Crippen LogP contribution >= 0.6 is 11.6 Å². The second-order valence-corrected chi connectivity index (χ2v) is 4.16. The molecule has 0 atom stereocenters. The lowest BCUT2D eigenvalue weighted by Gasteiger charge is -2.05. The number of halogens is 1. The van der Waals surface area contributed by atoms with Crippen LogP contribution in [0.25, 0.3) is 11.0 Å². The Morgan fingerprint density at radius 1 is 1.20 bits per heavy atom. The van der Waals surface area contributed by atoms with Gasteiger partial charge in [0.1, 0.15) is 0 Å². The molecule has 8 nitrogen and oxygen atoms in total. The fourth-order valence-electron chi connectivity index (χ4n) is 1.58. The highest BCUT2D eigenvalue weighted by Crippen LogP contribution is 2.21. The van der Waals surface area contributed by atoms with Gasteiger partial charge in [-0.15, -0.1) is 0 Å².